The highest BCUT2D eigenvalue weighted by molar-refractivity contribution is 5.95. The van der Waals surface area contributed by atoms with E-state index in [0.29, 0.717) is 12.1 Å². The molecule has 0 aliphatic carbocycles. The molecule has 3 rings (SSSR count). The Morgan fingerprint density at radius 3 is 2.76 bits per heavy atom. The van der Waals surface area contributed by atoms with Crippen LogP contribution in [0.5, 0.6) is 0 Å². The molecular formula is C16H18FN3O. The summed E-state index contributed by atoms with van der Waals surface area (Å²) in [6.45, 7) is 5.44. The molecule has 0 saturated heterocycles. The SMILES string of the molecule is Cc1ccc2n1CCN(C(=O)c1ccc(N)c(F)c1)C2C. The summed E-state index contributed by atoms with van der Waals surface area (Å²) in [7, 11) is 0. The van der Waals surface area contributed by atoms with E-state index in [1.54, 1.807) is 11.0 Å². The molecule has 0 radical (unpaired) electrons. The fourth-order valence-corrected chi connectivity index (χ4v) is 2.92. The van der Waals surface area contributed by atoms with Gasteiger partial charge in [-0.05, 0) is 44.2 Å². The number of anilines is 1. The maximum absolute atomic E-state index is 13.5. The fraction of sp³-hybridized carbons (Fsp3) is 0.312. The first kappa shape index (κ1) is 13.7. The van der Waals surface area contributed by atoms with Crippen LogP contribution in [-0.4, -0.2) is 21.9 Å². The Bertz CT molecular complexity index is 708. The minimum absolute atomic E-state index is 0.0273. The summed E-state index contributed by atoms with van der Waals surface area (Å²) in [5, 5.41) is 0. The highest BCUT2D eigenvalue weighted by Crippen LogP contribution is 2.28. The molecule has 4 nitrogen and oxygen atoms in total. The number of carbonyl (C=O) groups is 1. The minimum Gasteiger partial charge on any atom is -0.396 e. The first-order valence-electron chi connectivity index (χ1n) is 7.01. The largest absolute Gasteiger partial charge is 0.396 e. The summed E-state index contributed by atoms with van der Waals surface area (Å²) in [5.74, 6) is -0.712. The van der Waals surface area contributed by atoms with Crippen LogP contribution in [0.3, 0.4) is 0 Å². The zero-order chi connectivity index (χ0) is 15.1. The van der Waals surface area contributed by atoms with Crippen molar-refractivity contribution in [3.63, 3.8) is 0 Å². The Morgan fingerprint density at radius 2 is 2.05 bits per heavy atom. The lowest BCUT2D eigenvalue weighted by atomic mass is 10.1. The van der Waals surface area contributed by atoms with Gasteiger partial charge in [0.05, 0.1) is 11.7 Å². The molecule has 2 N–H and O–H groups in total. The summed E-state index contributed by atoms with van der Waals surface area (Å²) >= 11 is 0. The molecule has 1 aliphatic rings. The van der Waals surface area contributed by atoms with Gasteiger partial charge in [-0.25, -0.2) is 4.39 Å². The Balaban J connectivity index is 1.91. The van der Waals surface area contributed by atoms with E-state index in [-0.39, 0.29) is 17.6 Å². The van der Waals surface area contributed by atoms with Gasteiger partial charge in [-0.1, -0.05) is 0 Å². The highest BCUT2D eigenvalue weighted by atomic mass is 19.1. The quantitative estimate of drug-likeness (QED) is 0.820. The summed E-state index contributed by atoms with van der Waals surface area (Å²) in [6, 6.07) is 8.30. The Labute approximate surface area is 123 Å². The van der Waals surface area contributed by atoms with Crippen molar-refractivity contribution < 1.29 is 9.18 Å². The molecule has 0 saturated carbocycles. The number of aryl methyl sites for hydroxylation is 1. The summed E-state index contributed by atoms with van der Waals surface area (Å²) in [6.07, 6.45) is 0. The van der Waals surface area contributed by atoms with Crippen molar-refractivity contribution >= 4 is 11.6 Å². The standard InChI is InChI=1S/C16H18FN3O/c1-10-3-6-15-11(2)20(8-7-19(10)15)16(21)12-4-5-14(18)13(17)9-12/h3-6,9,11H,7-8,18H2,1-2H3. The van der Waals surface area contributed by atoms with Crippen molar-refractivity contribution in [3.05, 3.63) is 53.1 Å². The molecule has 1 aromatic carbocycles. The van der Waals surface area contributed by atoms with Crippen molar-refractivity contribution in [1.29, 1.82) is 0 Å². The van der Waals surface area contributed by atoms with E-state index >= 15 is 0 Å². The second kappa shape index (κ2) is 4.91. The van der Waals surface area contributed by atoms with Crippen LogP contribution < -0.4 is 5.73 Å². The first-order chi connectivity index (χ1) is 9.99. The lowest BCUT2D eigenvalue weighted by Gasteiger charge is -2.35. The molecule has 0 bridgehead atoms. The molecule has 1 amide bonds. The number of hydrogen-bond donors (Lipinski definition) is 1. The van der Waals surface area contributed by atoms with Gasteiger partial charge >= 0.3 is 0 Å². The number of halogens is 1. The number of amides is 1. The van der Waals surface area contributed by atoms with Gasteiger partial charge in [-0.2, -0.15) is 0 Å². The van der Waals surface area contributed by atoms with Gasteiger partial charge in [0.25, 0.3) is 5.91 Å². The normalized spacial score (nSPS) is 17.7. The molecule has 0 fully saturated rings. The molecule has 0 spiro atoms. The number of nitrogens with two attached hydrogens (primary N) is 1. The zero-order valence-electron chi connectivity index (χ0n) is 12.1. The van der Waals surface area contributed by atoms with Crippen molar-refractivity contribution in [3.8, 4) is 0 Å². The number of rotatable bonds is 1. The molecular weight excluding hydrogens is 269 g/mol. The smallest absolute Gasteiger partial charge is 0.254 e. The second-order valence-electron chi connectivity index (χ2n) is 5.46. The predicted molar refractivity (Wildman–Crippen MR) is 79.4 cm³/mol. The number of nitrogen functional groups attached to an aromatic ring is 1. The van der Waals surface area contributed by atoms with E-state index in [2.05, 4.69) is 17.6 Å². The van der Waals surface area contributed by atoms with Crippen molar-refractivity contribution in [2.45, 2.75) is 26.4 Å². The second-order valence-corrected chi connectivity index (χ2v) is 5.46. The van der Waals surface area contributed by atoms with Crippen LogP contribution in [0.1, 0.15) is 34.7 Å². The van der Waals surface area contributed by atoms with Gasteiger partial charge in [0.1, 0.15) is 5.82 Å². The van der Waals surface area contributed by atoms with Crippen LogP contribution >= 0.6 is 0 Å². The average Bonchev–Trinajstić information content (AvgIpc) is 2.84. The molecule has 2 aromatic rings. The van der Waals surface area contributed by atoms with Crippen LogP contribution in [0.2, 0.25) is 0 Å². The zero-order valence-corrected chi connectivity index (χ0v) is 12.1. The predicted octanol–water partition coefficient (Wildman–Crippen LogP) is 2.73. The maximum atomic E-state index is 13.5. The van der Waals surface area contributed by atoms with Crippen molar-refractivity contribution in [2.24, 2.45) is 0 Å². The lowest BCUT2D eigenvalue weighted by molar-refractivity contribution is 0.0642. The van der Waals surface area contributed by atoms with Crippen LogP contribution in [0.4, 0.5) is 10.1 Å². The third-order valence-electron chi connectivity index (χ3n) is 4.20. The number of benzene rings is 1. The van der Waals surface area contributed by atoms with E-state index in [4.69, 9.17) is 5.73 Å². The van der Waals surface area contributed by atoms with Crippen molar-refractivity contribution in [2.75, 3.05) is 12.3 Å². The van der Waals surface area contributed by atoms with Gasteiger partial charge in [0.15, 0.2) is 0 Å². The van der Waals surface area contributed by atoms with Gasteiger partial charge in [0.2, 0.25) is 0 Å². The van der Waals surface area contributed by atoms with Crippen molar-refractivity contribution in [1.82, 2.24) is 9.47 Å². The number of hydrogen-bond acceptors (Lipinski definition) is 2. The molecule has 5 heteroatoms. The maximum Gasteiger partial charge on any atom is 0.254 e. The minimum atomic E-state index is -0.551. The van der Waals surface area contributed by atoms with Crippen LogP contribution in [-0.2, 0) is 6.54 Å². The summed E-state index contributed by atoms with van der Waals surface area (Å²) in [4.78, 5) is 14.4. The molecule has 1 aliphatic heterocycles. The molecule has 2 heterocycles. The third-order valence-corrected chi connectivity index (χ3v) is 4.20. The number of nitrogens with zero attached hydrogens (tertiary/aromatic N) is 2. The highest BCUT2D eigenvalue weighted by Gasteiger charge is 2.29. The first-order valence-corrected chi connectivity index (χ1v) is 7.01. The topological polar surface area (TPSA) is 51.3 Å². The monoisotopic (exact) mass is 287 g/mol. The Kier molecular flexibility index (Phi) is 3.20. The van der Waals surface area contributed by atoms with Crippen LogP contribution in [0, 0.1) is 12.7 Å². The Hall–Kier alpha value is -2.30. The van der Waals surface area contributed by atoms with E-state index in [9.17, 15) is 9.18 Å². The van der Waals surface area contributed by atoms with E-state index in [1.165, 1.54) is 17.8 Å². The van der Waals surface area contributed by atoms with Gasteiger partial charge in [-0.15, -0.1) is 0 Å². The summed E-state index contributed by atoms with van der Waals surface area (Å²) < 4.78 is 15.8. The number of carbonyl (C=O) groups excluding carboxylic acids is 1. The third kappa shape index (κ3) is 2.18. The van der Waals surface area contributed by atoms with E-state index < -0.39 is 5.82 Å². The number of aromatic nitrogens is 1. The molecule has 1 atom stereocenters. The lowest BCUT2D eigenvalue weighted by Crippen LogP contribution is -2.41. The molecule has 21 heavy (non-hydrogen) atoms. The molecule has 1 unspecified atom stereocenters. The van der Waals surface area contributed by atoms with Gasteiger partial charge in [0, 0.05) is 30.0 Å². The molecule has 1 aromatic heterocycles. The van der Waals surface area contributed by atoms with Gasteiger partial charge in [-0.3, -0.25) is 4.79 Å². The van der Waals surface area contributed by atoms with Gasteiger partial charge < -0.3 is 15.2 Å². The van der Waals surface area contributed by atoms with Crippen LogP contribution in [0.25, 0.3) is 0 Å². The number of fused-ring (bicyclic) bond motifs is 1. The van der Waals surface area contributed by atoms with Crippen LogP contribution in [0.15, 0.2) is 30.3 Å². The summed E-state index contributed by atoms with van der Waals surface area (Å²) in [5.41, 5.74) is 8.16. The fourth-order valence-electron chi connectivity index (χ4n) is 2.92. The molecule has 110 valence electrons. The average molecular weight is 287 g/mol. The van der Waals surface area contributed by atoms with E-state index in [1.807, 2.05) is 13.0 Å². The van der Waals surface area contributed by atoms with E-state index in [0.717, 1.165) is 12.2 Å². The Morgan fingerprint density at radius 1 is 1.29 bits per heavy atom.